The number of rotatable bonds is 4. The third-order valence-electron chi connectivity index (χ3n) is 3.54. The summed E-state index contributed by atoms with van der Waals surface area (Å²) in [4.78, 5) is 13.9. The number of anilines is 1. The van der Waals surface area contributed by atoms with Crippen LogP contribution in [0.5, 0.6) is 0 Å². The first-order chi connectivity index (χ1) is 11.1. The minimum absolute atomic E-state index is 0.264. The monoisotopic (exact) mass is 306 g/mol. The second-order valence-electron chi connectivity index (χ2n) is 5.55. The highest BCUT2D eigenvalue weighted by molar-refractivity contribution is 6.03. The number of nitrogens with one attached hydrogen (secondary N) is 1. The van der Waals surface area contributed by atoms with Gasteiger partial charge in [0.25, 0.3) is 5.91 Å². The fourth-order valence-corrected chi connectivity index (χ4v) is 2.35. The molecule has 1 heterocycles. The Morgan fingerprint density at radius 1 is 1.04 bits per heavy atom. The molecule has 3 rings (SSSR count). The normalized spacial score (nSPS) is 10.7. The Kier molecular flexibility index (Phi) is 4.19. The van der Waals surface area contributed by atoms with Crippen LogP contribution in [0.3, 0.4) is 0 Å². The smallest absolute Gasteiger partial charge is 0.277 e. The van der Waals surface area contributed by atoms with E-state index in [4.69, 9.17) is 0 Å². The van der Waals surface area contributed by atoms with Crippen molar-refractivity contribution in [3.05, 3.63) is 72.1 Å². The lowest BCUT2D eigenvalue weighted by Crippen LogP contribution is -2.14. The van der Waals surface area contributed by atoms with Crippen LogP contribution in [0.15, 0.2) is 60.8 Å². The first-order valence-corrected chi connectivity index (χ1v) is 7.53. The Balaban J connectivity index is 1.81. The lowest BCUT2D eigenvalue weighted by Gasteiger charge is -2.12. The zero-order valence-electron chi connectivity index (χ0n) is 13.1. The van der Waals surface area contributed by atoms with Crippen LogP contribution in [0.4, 0.5) is 5.69 Å². The molecule has 0 aliphatic rings. The van der Waals surface area contributed by atoms with Crippen LogP contribution >= 0.6 is 0 Å². The maximum absolute atomic E-state index is 12.4. The SMILES string of the molecule is CC(C)c1ccccc1NC(=O)c1cnn(-c2ccccc2)n1. The summed E-state index contributed by atoms with van der Waals surface area (Å²) in [6.45, 7) is 4.19. The average Bonchev–Trinajstić information content (AvgIpc) is 3.06. The number of benzene rings is 2. The molecular weight excluding hydrogens is 288 g/mol. The second-order valence-corrected chi connectivity index (χ2v) is 5.55. The summed E-state index contributed by atoms with van der Waals surface area (Å²) in [5, 5.41) is 11.3. The van der Waals surface area contributed by atoms with Gasteiger partial charge in [-0.15, -0.1) is 5.10 Å². The number of carbonyl (C=O) groups excluding carboxylic acids is 1. The largest absolute Gasteiger partial charge is 0.320 e. The summed E-state index contributed by atoms with van der Waals surface area (Å²) in [7, 11) is 0. The molecule has 0 saturated heterocycles. The van der Waals surface area contributed by atoms with Gasteiger partial charge in [-0.2, -0.15) is 9.90 Å². The van der Waals surface area contributed by atoms with Crippen LogP contribution in [0.2, 0.25) is 0 Å². The van der Waals surface area contributed by atoms with Gasteiger partial charge in [0.1, 0.15) is 0 Å². The van der Waals surface area contributed by atoms with E-state index in [9.17, 15) is 4.79 Å². The van der Waals surface area contributed by atoms with Crippen molar-refractivity contribution in [1.29, 1.82) is 0 Å². The third kappa shape index (κ3) is 3.29. The summed E-state index contributed by atoms with van der Waals surface area (Å²) in [6.07, 6.45) is 1.47. The molecule has 0 aliphatic carbocycles. The zero-order chi connectivity index (χ0) is 16.2. The van der Waals surface area contributed by atoms with Crippen molar-refractivity contribution in [2.45, 2.75) is 19.8 Å². The summed E-state index contributed by atoms with van der Waals surface area (Å²) in [5.41, 5.74) is 3.00. The fourth-order valence-electron chi connectivity index (χ4n) is 2.35. The number of nitrogens with zero attached hydrogens (tertiary/aromatic N) is 3. The summed E-state index contributed by atoms with van der Waals surface area (Å²) >= 11 is 0. The van der Waals surface area contributed by atoms with E-state index in [0.29, 0.717) is 5.92 Å². The maximum Gasteiger partial charge on any atom is 0.277 e. The first-order valence-electron chi connectivity index (χ1n) is 7.53. The molecule has 3 aromatic rings. The van der Waals surface area contributed by atoms with Gasteiger partial charge < -0.3 is 5.32 Å². The van der Waals surface area contributed by atoms with Crippen LogP contribution in [0.25, 0.3) is 5.69 Å². The highest BCUT2D eigenvalue weighted by Crippen LogP contribution is 2.24. The number of amides is 1. The van der Waals surface area contributed by atoms with Gasteiger partial charge in [0.2, 0.25) is 0 Å². The first kappa shape index (κ1) is 15.0. The predicted molar refractivity (Wildman–Crippen MR) is 89.8 cm³/mol. The van der Waals surface area contributed by atoms with E-state index >= 15 is 0 Å². The molecular formula is C18H18N4O. The van der Waals surface area contributed by atoms with Gasteiger partial charge >= 0.3 is 0 Å². The molecule has 23 heavy (non-hydrogen) atoms. The molecule has 1 aromatic heterocycles. The zero-order valence-corrected chi connectivity index (χ0v) is 13.1. The number of hydrogen-bond acceptors (Lipinski definition) is 3. The van der Waals surface area contributed by atoms with E-state index in [1.54, 1.807) is 0 Å². The van der Waals surface area contributed by atoms with E-state index in [0.717, 1.165) is 16.9 Å². The van der Waals surface area contributed by atoms with E-state index < -0.39 is 0 Å². The van der Waals surface area contributed by atoms with Gasteiger partial charge in [-0.3, -0.25) is 4.79 Å². The molecule has 0 saturated carbocycles. The van der Waals surface area contributed by atoms with E-state index in [1.165, 1.54) is 11.0 Å². The van der Waals surface area contributed by atoms with Gasteiger partial charge in [-0.05, 0) is 29.7 Å². The Bertz CT molecular complexity index is 809. The third-order valence-corrected chi connectivity index (χ3v) is 3.54. The minimum Gasteiger partial charge on any atom is -0.320 e. The van der Waals surface area contributed by atoms with Gasteiger partial charge in [0.05, 0.1) is 11.9 Å². The molecule has 1 N–H and O–H groups in total. The molecule has 2 aromatic carbocycles. The van der Waals surface area contributed by atoms with Gasteiger partial charge in [0, 0.05) is 5.69 Å². The van der Waals surface area contributed by atoms with Gasteiger partial charge in [-0.1, -0.05) is 50.2 Å². The molecule has 0 bridgehead atoms. The van der Waals surface area contributed by atoms with Crippen LogP contribution in [0, 0.1) is 0 Å². The quantitative estimate of drug-likeness (QED) is 0.800. The van der Waals surface area contributed by atoms with E-state index in [1.807, 2.05) is 54.6 Å². The fraction of sp³-hybridized carbons (Fsp3) is 0.167. The number of aromatic nitrogens is 3. The Morgan fingerprint density at radius 3 is 2.48 bits per heavy atom. The molecule has 0 aliphatic heterocycles. The number of carbonyl (C=O) groups is 1. The second kappa shape index (κ2) is 6.44. The highest BCUT2D eigenvalue weighted by atomic mass is 16.2. The Hall–Kier alpha value is -2.95. The molecule has 0 atom stereocenters. The molecule has 0 spiro atoms. The van der Waals surface area contributed by atoms with E-state index in [-0.39, 0.29) is 11.6 Å². The summed E-state index contributed by atoms with van der Waals surface area (Å²) in [6, 6.07) is 17.3. The van der Waals surface area contributed by atoms with Crippen LogP contribution in [-0.4, -0.2) is 20.9 Å². The van der Waals surface area contributed by atoms with Crippen molar-refractivity contribution in [3.63, 3.8) is 0 Å². The van der Waals surface area contributed by atoms with Crippen molar-refractivity contribution in [1.82, 2.24) is 15.0 Å². The Morgan fingerprint density at radius 2 is 1.74 bits per heavy atom. The van der Waals surface area contributed by atoms with Crippen LogP contribution in [0.1, 0.15) is 35.8 Å². The standard InChI is InChI=1S/C18H18N4O/c1-13(2)15-10-6-7-11-16(15)20-18(23)17-12-19-22(21-17)14-8-4-3-5-9-14/h3-13H,1-2H3,(H,20,23). The Labute approximate surface area is 135 Å². The molecule has 5 nitrogen and oxygen atoms in total. The highest BCUT2D eigenvalue weighted by Gasteiger charge is 2.14. The average molecular weight is 306 g/mol. The van der Waals surface area contributed by atoms with Crippen molar-refractivity contribution < 1.29 is 4.79 Å². The summed E-state index contributed by atoms with van der Waals surface area (Å²) < 4.78 is 0. The van der Waals surface area contributed by atoms with Gasteiger partial charge in [0.15, 0.2) is 5.69 Å². The van der Waals surface area contributed by atoms with Crippen LogP contribution < -0.4 is 5.32 Å². The molecule has 0 radical (unpaired) electrons. The number of hydrogen-bond donors (Lipinski definition) is 1. The molecule has 0 fully saturated rings. The topological polar surface area (TPSA) is 59.8 Å². The summed E-state index contributed by atoms with van der Waals surface area (Å²) in [5.74, 6) is 0.0618. The molecule has 5 heteroatoms. The van der Waals surface area contributed by atoms with Crippen molar-refractivity contribution >= 4 is 11.6 Å². The predicted octanol–water partition coefficient (Wildman–Crippen LogP) is 3.64. The molecule has 1 amide bonds. The minimum atomic E-state index is -0.264. The lowest BCUT2D eigenvalue weighted by atomic mass is 10.0. The van der Waals surface area contributed by atoms with Crippen molar-refractivity contribution in [2.24, 2.45) is 0 Å². The maximum atomic E-state index is 12.4. The molecule has 0 unspecified atom stereocenters. The van der Waals surface area contributed by atoms with E-state index in [2.05, 4.69) is 29.4 Å². The van der Waals surface area contributed by atoms with Gasteiger partial charge in [-0.25, -0.2) is 0 Å². The molecule has 116 valence electrons. The number of para-hydroxylation sites is 2. The van der Waals surface area contributed by atoms with Crippen LogP contribution in [-0.2, 0) is 0 Å². The van der Waals surface area contributed by atoms with Crippen molar-refractivity contribution in [2.75, 3.05) is 5.32 Å². The lowest BCUT2D eigenvalue weighted by molar-refractivity contribution is 0.102. The van der Waals surface area contributed by atoms with Crippen molar-refractivity contribution in [3.8, 4) is 5.69 Å².